The standard InChI is InChI=1S/C21H32OS/c22-18-14-20-23-19-13-8-6-4-2-1-3-5-7-10-15-21-16-11-9-12-17-21/h9,11-12,16-17,22H,1-8,13-14,18-20H2. The van der Waals surface area contributed by atoms with E-state index in [1.54, 1.807) is 0 Å². The third-order valence-electron chi connectivity index (χ3n) is 3.79. The van der Waals surface area contributed by atoms with Crippen molar-refractivity contribution in [3.8, 4) is 11.8 Å². The molecule has 0 unspecified atom stereocenters. The Kier molecular flexibility index (Phi) is 14.0. The van der Waals surface area contributed by atoms with E-state index >= 15 is 0 Å². The van der Waals surface area contributed by atoms with Gasteiger partial charge in [-0.3, -0.25) is 0 Å². The molecular formula is C21H32OS. The predicted molar refractivity (Wildman–Crippen MR) is 104 cm³/mol. The highest BCUT2D eigenvalue weighted by atomic mass is 32.2. The Morgan fingerprint density at radius 2 is 1.35 bits per heavy atom. The highest BCUT2D eigenvalue weighted by molar-refractivity contribution is 7.99. The smallest absolute Gasteiger partial charge is 0.0438 e. The normalized spacial score (nSPS) is 10.3. The van der Waals surface area contributed by atoms with Gasteiger partial charge in [0, 0.05) is 18.6 Å². The molecule has 23 heavy (non-hydrogen) atoms. The molecule has 0 radical (unpaired) electrons. The topological polar surface area (TPSA) is 20.2 Å². The molecule has 0 fully saturated rings. The highest BCUT2D eigenvalue weighted by Gasteiger charge is 1.93. The minimum atomic E-state index is 0.338. The molecule has 1 N–H and O–H groups in total. The number of unbranched alkanes of at least 4 members (excludes halogenated alkanes) is 8. The summed E-state index contributed by atoms with van der Waals surface area (Å²) in [6, 6.07) is 10.2. The van der Waals surface area contributed by atoms with Crippen molar-refractivity contribution in [3.63, 3.8) is 0 Å². The first-order valence-corrected chi connectivity index (χ1v) is 10.3. The van der Waals surface area contributed by atoms with Crippen LogP contribution in [0.4, 0.5) is 0 Å². The van der Waals surface area contributed by atoms with Gasteiger partial charge in [0.2, 0.25) is 0 Å². The Bertz CT molecular complexity index is 418. The minimum Gasteiger partial charge on any atom is -0.396 e. The summed E-state index contributed by atoms with van der Waals surface area (Å²) in [6.07, 6.45) is 12.7. The summed E-state index contributed by atoms with van der Waals surface area (Å²) >= 11 is 1.98. The molecule has 2 heteroatoms. The van der Waals surface area contributed by atoms with Crippen LogP contribution in [0.2, 0.25) is 0 Å². The summed E-state index contributed by atoms with van der Waals surface area (Å²) in [7, 11) is 0. The fourth-order valence-corrected chi connectivity index (χ4v) is 3.38. The van der Waals surface area contributed by atoms with E-state index in [0.29, 0.717) is 6.61 Å². The van der Waals surface area contributed by atoms with Gasteiger partial charge >= 0.3 is 0 Å². The molecule has 0 aliphatic rings. The molecule has 1 nitrogen and oxygen atoms in total. The van der Waals surface area contributed by atoms with Gasteiger partial charge < -0.3 is 5.11 Å². The zero-order chi connectivity index (χ0) is 16.4. The molecule has 0 saturated heterocycles. The van der Waals surface area contributed by atoms with Crippen LogP contribution in [-0.2, 0) is 0 Å². The summed E-state index contributed by atoms with van der Waals surface area (Å²) in [5.41, 5.74) is 1.13. The van der Waals surface area contributed by atoms with Gasteiger partial charge in [-0.05, 0) is 42.9 Å². The van der Waals surface area contributed by atoms with E-state index < -0.39 is 0 Å². The van der Waals surface area contributed by atoms with Gasteiger partial charge in [-0.15, -0.1) is 0 Å². The second kappa shape index (κ2) is 16.0. The van der Waals surface area contributed by atoms with E-state index in [2.05, 4.69) is 24.0 Å². The first-order valence-electron chi connectivity index (χ1n) is 9.16. The quantitative estimate of drug-likeness (QED) is 0.371. The summed E-state index contributed by atoms with van der Waals surface area (Å²) in [5, 5.41) is 8.69. The molecule has 0 spiro atoms. The molecule has 1 aromatic carbocycles. The average Bonchev–Trinajstić information content (AvgIpc) is 2.59. The molecule has 0 amide bonds. The van der Waals surface area contributed by atoms with Crippen LogP contribution in [0.5, 0.6) is 0 Å². The molecule has 0 heterocycles. The number of aliphatic hydroxyl groups is 1. The van der Waals surface area contributed by atoms with Crippen molar-refractivity contribution in [3.05, 3.63) is 35.9 Å². The Morgan fingerprint density at radius 1 is 0.739 bits per heavy atom. The van der Waals surface area contributed by atoms with E-state index in [1.165, 1.54) is 57.1 Å². The molecule has 0 aromatic heterocycles. The number of aliphatic hydroxyl groups excluding tert-OH is 1. The van der Waals surface area contributed by atoms with Crippen LogP contribution in [0.3, 0.4) is 0 Å². The second-order valence-corrected chi connectivity index (χ2v) is 7.16. The lowest BCUT2D eigenvalue weighted by Crippen LogP contribution is -1.88. The zero-order valence-corrected chi connectivity index (χ0v) is 15.3. The Balaban J connectivity index is 1.79. The van der Waals surface area contributed by atoms with Crippen molar-refractivity contribution in [1.82, 2.24) is 0 Å². The largest absolute Gasteiger partial charge is 0.396 e. The van der Waals surface area contributed by atoms with Crippen molar-refractivity contribution in [2.45, 2.75) is 64.2 Å². The van der Waals surface area contributed by atoms with Crippen LogP contribution in [0.1, 0.15) is 69.8 Å². The Morgan fingerprint density at radius 3 is 2.04 bits per heavy atom. The van der Waals surface area contributed by atoms with E-state index in [4.69, 9.17) is 5.11 Å². The van der Waals surface area contributed by atoms with Crippen LogP contribution < -0.4 is 0 Å². The fraction of sp³-hybridized carbons (Fsp3) is 0.619. The SMILES string of the molecule is OCCCSCCCCCCCCCCC#Cc1ccccc1. The van der Waals surface area contributed by atoms with Crippen molar-refractivity contribution < 1.29 is 5.11 Å². The Hall–Kier alpha value is -0.910. The fourth-order valence-electron chi connectivity index (χ4n) is 2.43. The number of hydrogen-bond donors (Lipinski definition) is 1. The van der Waals surface area contributed by atoms with Gasteiger partial charge in [-0.25, -0.2) is 0 Å². The molecule has 0 aliphatic heterocycles. The van der Waals surface area contributed by atoms with Crippen LogP contribution >= 0.6 is 11.8 Å². The van der Waals surface area contributed by atoms with Crippen molar-refractivity contribution >= 4 is 11.8 Å². The lowest BCUT2D eigenvalue weighted by atomic mass is 10.1. The first-order chi connectivity index (χ1) is 11.4. The molecular weight excluding hydrogens is 300 g/mol. The first kappa shape index (κ1) is 20.1. The van der Waals surface area contributed by atoms with Gasteiger partial charge in [0.05, 0.1) is 0 Å². The number of thioether (sulfide) groups is 1. The predicted octanol–water partition coefficient (Wildman–Crippen LogP) is 5.66. The van der Waals surface area contributed by atoms with Gasteiger partial charge in [0.25, 0.3) is 0 Å². The van der Waals surface area contributed by atoms with Gasteiger partial charge in [-0.2, -0.15) is 11.8 Å². The third-order valence-corrected chi connectivity index (χ3v) is 4.95. The number of hydrogen-bond acceptors (Lipinski definition) is 2. The zero-order valence-electron chi connectivity index (χ0n) is 14.4. The lowest BCUT2D eigenvalue weighted by molar-refractivity contribution is 0.296. The lowest BCUT2D eigenvalue weighted by Gasteiger charge is -2.02. The second-order valence-electron chi connectivity index (χ2n) is 5.94. The maximum atomic E-state index is 8.69. The van der Waals surface area contributed by atoms with E-state index in [1.807, 2.05) is 30.0 Å². The summed E-state index contributed by atoms with van der Waals surface area (Å²) < 4.78 is 0. The summed E-state index contributed by atoms with van der Waals surface area (Å²) in [6.45, 7) is 0.338. The van der Waals surface area contributed by atoms with Crippen molar-refractivity contribution in [1.29, 1.82) is 0 Å². The van der Waals surface area contributed by atoms with E-state index in [9.17, 15) is 0 Å². The van der Waals surface area contributed by atoms with E-state index in [0.717, 1.165) is 24.2 Å². The maximum Gasteiger partial charge on any atom is 0.0438 e. The van der Waals surface area contributed by atoms with Crippen LogP contribution in [0.15, 0.2) is 30.3 Å². The molecule has 0 atom stereocenters. The number of rotatable bonds is 13. The molecule has 128 valence electrons. The minimum absolute atomic E-state index is 0.338. The van der Waals surface area contributed by atoms with Crippen LogP contribution in [0.25, 0.3) is 0 Å². The summed E-state index contributed by atoms with van der Waals surface area (Å²) in [5.74, 6) is 8.87. The maximum absolute atomic E-state index is 8.69. The van der Waals surface area contributed by atoms with Gasteiger partial charge in [0.1, 0.15) is 0 Å². The number of benzene rings is 1. The Labute approximate surface area is 147 Å². The molecule has 1 rings (SSSR count). The molecule has 1 aromatic rings. The average molecular weight is 333 g/mol. The highest BCUT2D eigenvalue weighted by Crippen LogP contribution is 2.12. The van der Waals surface area contributed by atoms with E-state index in [-0.39, 0.29) is 0 Å². The third kappa shape index (κ3) is 13.2. The molecule has 0 aliphatic carbocycles. The van der Waals surface area contributed by atoms with Crippen LogP contribution in [-0.4, -0.2) is 23.2 Å². The molecule has 0 bridgehead atoms. The molecule has 0 saturated carbocycles. The van der Waals surface area contributed by atoms with Gasteiger partial charge in [-0.1, -0.05) is 68.6 Å². The van der Waals surface area contributed by atoms with Crippen molar-refractivity contribution in [2.24, 2.45) is 0 Å². The van der Waals surface area contributed by atoms with Gasteiger partial charge in [0.15, 0.2) is 0 Å². The monoisotopic (exact) mass is 332 g/mol. The van der Waals surface area contributed by atoms with Crippen LogP contribution in [0, 0.1) is 11.8 Å². The summed E-state index contributed by atoms with van der Waals surface area (Å²) in [4.78, 5) is 0. The van der Waals surface area contributed by atoms with Crippen molar-refractivity contribution in [2.75, 3.05) is 18.1 Å².